The number of rotatable bonds is 6. The van der Waals surface area contributed by atoms with Gasteiger partial charge in [-0.25, -0.2) is 0 Å². The standard InChI is InChI=1S/C22H22F3NO3/c23-22(24,25)19(16-7-2-1-3-8-16)13-21(28)26(15-18-10-6-12-29-18)14-17-9-4-5-11-20(17)27/h1-5,7-9,11,13,18,27H,6,10,12,14-15H2/b19-13-. The zero-order chi connectivity index (χ0) is 20.9. The van der Waals surface area contributed by atoms with E-state index >= 15 is 0 Å². The Morgan fingerprint density at radius 3 is 2.45 bits per heavy atom. The van der Waals surface area contributed by atoms with E-state index in [2.05, 4.69) is 0 Å². The number of carbonyl (C=O) groups is 1. The fourth-order valence-electron chi connectivity index (χ4n) is 3.28. The van der Waals surface area contributed by atoms with Crippen molar-refractivity contribution in [2.24, 2.45) is 0 Å². The Bertz CT molecular complexity index is 859. The first kappa shape index (κ1) is 20.9. The number of allylic oxidation sites excluding steroid dienone is 1. The topological polar surface area (TPSA) is 49.8 Å². The number of halogens is 3. The highest BCUT2D eigenvalue weighted by atomic mass is 19.4. The van der Waals surface area contributed by atoms with Crippen molar-refractivity contribution in [1.82, 2.24) is 4.90 Å². The number of amides is 1. The van der Waals surface area contributed by atoms with Gasteiger partial charge in [-0.3, -0.25) is 4.79 Å². The lowest BCUT2D eigenvalue weighted by atomic mass is 10.0. The summed E-state index contributed by atoms with van der Waals surface area (Å²) in [6.45, 7) is 0.711. The van der Waals surface area contributed by atoms with Gasteiger partial charge in [0.05, 0.1) is 11.7 Å². The fourth-order valence-corrected chi connectivity index (χ4v) is 3.28. The highest BCUT2D eigenvalue weighted by Gasteiger charge is 2.36. The van der Waals surface area contributed by atoms with Crippen molar-refractivity contribution in [2.45, 2.75) is 31.7 Å². The smallest absolute Gasteiger partial charge is 0.417 e. The predicted molar refractivity (Wildman–Crippen MR) is 103 cm³/mol. The Morgan fingerprint density at radius 2 is 1.83 bits per heavy atom. The monoisotopic (exact) mass is 405 g/mol. The molecule has 1 unspecified atom stereocenters. The first-order valence-corrected chi connectivity index (χ1v) is 9.36. The summed E-state index contributed by atoms with van der Waals surface area (Å²) in [6, 6.07) is 13.7. The molecule has 29 heavy (non-hydrogen) atoms. The molecule has 0 saturated carbocycles. The average Bonchev–Trinajstić information content (AvgIpc) is 3.20. The van der Waals surface area contributed by atoms with Gasteiger partial charge in [0.25, 0.3) is 0 Å². The van der Waals surface area contributed by atoms with E-state index in [1.165, 1.54) is 35.2 Å². The molecule has 2 aromatic carbocycles. The quantitative estimate of drug-likeness (QED) is 0.718. The maximum absolute atomic E-state index is 13.6. The van der Waals surface area contributed by atoms with Gasteiger partial charge >= 0.3 is 6.18 Å². The third-order valence-corrected chi connectivity index (χ3v) is 4.77. The van der Waals surface area contributed by atoms with Crippen molar-refractivity contribution in [3.8, 4) is 5.75 Å². The van der Waals surface area contributed by atoms with Crippen molar-refractivity contribution in [1.29, 1.82) is 0 Å². The molecule has 1 heterocycles. The van der Waals surface area contributed by atoms with Crippen LogP contribution >= 0.6 is 0 Å². The third-order valence-electron chi connectivity index (χ3n) is 4.77. The molecular formula is C22H22F3NO3. The molecule has 4 nitrogen and oxygen atoms in total. The molecule has 1 amide bonds. The van der Waals surface area contributed by atoms with Crippen LogP contribution in [0.2, 0.25) is 0 Å². The summed E-state index contributed by atoms with van der Waals surface area (Å²) >= 11 is 0. The normalized spacial score (nSPS) is 17.3. The molecule has 2 aromatic rings. The number of para-hydroxylation sites is 1. The lowest BCUT2D eigenvalue weighted by molar-refractivity contribution is -0.128. The minimum Gasteiger partial charge on any atom is -0.508 e. The van der Waals surface area contributed by atoms with Crippen molar-refractivity contribution >= 4 is 11.5 Å². The van der Waals surface area contributed by atoms with E-state index in [1.807, 2.05) is 0 Å². The largest absolute Gasteiger partial charge is 0.508 e. The summed E-state index contributed by atoms with van der Waals surface area (Å²) < 4.78 is 46.4. The maximum Gasteiger partial charge on any atom is 0.417 e. The molecule has 0 radical (unpaired) electrons. The number of alkyl halides is 3. The van der Waals surface area contributed by atoms with Crippen LogP contribution in [0.5, 0.6) is 5.75 Å². The Hall–Kier alpha value is -2.80. The minimum absolute atomic E-state index is 0.0121. The van der Waals surface area contributed by atoms with E-state index in [-0.39, 0.29) is 30.5 Å². The Morgan fingerprint density at radius 1 is 1.14 bits per heavy atom. The van der Waals surface area contributed by atoms with Crippen molar-refractivity contribution in [2.75, 3.05) is 13.2 Å². The van der Waals surface area contributed by atoms with Crippen LogP contribution in [-0.4, -0.2) is 41.3 Å². The molecule has 0 aliphatic carbocycles. The van der Waals surface area contributed by atoms with Crippen LogP contribution in [0.3, 0.4) is 0 Å². The summed E-state index contributed by atoms with van der Waals surface area (Å²) in [5.74, 6) is -0.791. The number of hydrogen-bond acceptors (Lipinski definition) is 3. The van der Waals surface area contributed by atoms with Gasteiger partial charge in [0.1, 0.15) is 5.75 Å². The molecule has 1 atom stereocenters. The van der Waals surface area contributed by atoms with Crippen LogP contribution in [0.4, 0.5) is 13.2 Å². The first-order valence-electron chi connectivity index (χ1n) is 9.36. The van der Waals surface area contributed by atoms with Crippen molar-refractivity contribution in [3.63, 3.8) is 0 Å². The molecule has 1 aliphatic heterocycles. The summed E-state index contributed by atoms with van der Waals surface area (Å²) in [6.07, 6.45) is -2.70. The zero-order valence-corrected chi connectivity index (χ0v) is 15.7. The highest BCUT2D eigenvalue weighted by molar-refractivity contribution is 5.96. The van der Waals surface area contributed by atoms with E-state index in [1.54, 1.807) is 24.3 Å². The average molecular weight is 405 g/mol. The van der Waals surface area contributed by atoms with Gasteiger partial charge in [0.2, 0.25) is 5.91 Å². The second-order valence-electron chi connectivity index (χ2n) is 6.90. The molecule has 3 rings (SSSR count). The number of nitrogens with zero attached hydrogens (tertiary/aromatic N) is 1. The molecule has 7 heteroatoms. The SMILES string of the molecule is O=C(/C=C(/c1ccccc1)C(F)(F)F)N(Cc1ccccc1O)CC1CCCO1. The van der Waals surface area contributed by atoms with E-state index < -0.39 is 17.7 Å². The predicted octanol–water partition coefficient (Wildman–Crippen LogP) is 4.55. The summed E-state index contributed by atoms with van der Waals surface area (Å²) in [4.78, 5) is 14.2. The van der Waals surface area contributed by atoms with Gasteiger partial charge in [-0.15, -0.1) is 0 Å². The van der Waals surface area contributed by atoms with E-state index in [0.717, 1.165) is 12.8 Å². The summed E-state index contributed by atoms with van der Waals surface area (Å²) in [5, 5.41) is 10.0. The van der Waals surface area contributed by atoms with Gasteiger partial charge in [-0.1, -0.05) is 48.5 Å². The van der Waals surface area contributed by atoms with Gasteiger partial charge in [0.15, 0.2) is 0 Å². The molecule has 1 saturated heterocycles. The number of phenols is 1. The molecule has 1 N–H and O–H groups in total. The van der Waals surface area contributed by atoms with Crippen LogP contribution in [0, 0.1) is 0 Å². The molecular weight excluding hydrogens is 383 g/mol. The summed E-state index contributed by atoms with van der Waals surface area (Å²) in [7, 11) is 0. The first-order chi connectivity index (χ1) is 13.8. The molecule has 0 bridgehead atoms. The summed E-state index contributed by atoms with van der Waals surface area (Å²) in [5.41, 5.74) is -0.619. The second-order valence-corrected chi connectivity index (χ2v) is 6.90. The Kier molecular flexibility index (Phi) is 6.59. The van der Waals surface area contributed by atoms with E-state index in [0.29, 0.717) is 18.2 Å². The van der Waals surface area contributed by atoms with Gasteiger partial charge in [0, 0.05) is 31.3 Å². The van der Waals surface area contributed by atoms with Crippen LogP contribution in [-0.2, 0) is 16.1 Å². The van der Waals surface area contributed by atoms with Crippen LogP contribution < -0.4 is 0 Å². The molecule has 0 spiro atoms. The van der Waals surface area contributed by atoms with Crippen LogP contribution in [0.1, 0.15) is 24.0 Å². The van der Waals surface area contributed by atoms with E-state index in [9.17, 15) is 23.1 Å². The lowest BCUT2D eigenvalue weighted by Crippen LogP contribution is -2.36. The molecule has 154 valence electrons. The second kappa shape index (κ2) is 9.13. The Labute approximate surface area is 167 Å². The number of aromatic hydroxyl groups is 1. The number of hydrogen-bond donors (Lipinski definition) is 1. The van der Waals surface area contributed by atoms with Gasteiger partial charge in [-0.2, -0.15) is 13.2 Å². The van der Waals surface area contributed by atoms with Crippen LogP contribution in [0.25, 0.3) is 5.57 Å². The number of benzene rings is 2. The van der Waals surface area contributed by atoms with Crippen molar-refractivity contribution < 1.29 is 27.8 Å². The third kappa shape index (κ3) is 5.60. The highest BCUT2D eigenvalue weighted by Crippen LogP contribution is 2.34. The number of ether oxygens (including phenoxy) is 1. The maximum atomic E-state index is 13.6. The molecule has 0 aromatic heterocycles. The fraction of sp³-hybridized carbons (Fsp3) is 0.318. The van der Waals surface area contributed by atoms with Gasteiger partial charge < -0.3 is 14.7 Å². The minimum atomic E-state index is -4.68. The number of carbonyl (C=O) groups excluding carboxylic acids is 1. The van der Waals surface area contributed by atoms with Crippen LogP contribution in [0.15, 0.2) is 60.7 Å². The lowest BCUT2D eigenvalue weighted by Gasteiger charge is -2.25. The molecule has 1 fully saturated rings. The van der Waals surface area contributed by atoms with E-state index in [4.69, 9.17) is 4.74 Å². The molecule has 1 aliphatic rings. The Balaban J connectivity index is 1.91. The van der Waals surface area contributed by atoms with Crippen molar-refractivity contribution in [3.05, 3.63) is 71.8 Å². The number of phenolic OH excluding ortho intramolecular Hbond substituents is 1. The zero-order valence-electron chi connectivity index (χ0n) is 15.7. The van der Waals surface area contributed by atoms with Gasteiger partial charge in [-0.05, 0) is 24.5 Å².